The molecule has 1 rings (SSSR count). The van der Waals surface area contributed by atoms with Crippen molar-refractivity contribution in [3.8, 4) is 0 Å². The molecule has 0 aliphatic rings. The number of hydrogen-bond donors (Lipinski definition) is 1. The highest BCUT2D eigenvalue weighted by molar-refractivity contribution is 9.10. The summed E-state index contributed by atoms with van der Waals surface area (Å²) in [6.45, 7) is 3.81. The predicted molar refractivity (Wildman–Crippen MR) is 85.8 cm³/mol. The van der Waals surface area contributed by atoms with Crippen LogP contribution < -0.4 is 4.72 Å². The fraction of sp³-hybridized carbons (Fsp3) is 0.455. The van der Waals surface area contributed by atoms with Crippen LogP contribution in [0.1, 0.15) is 12.5 Å². The predicted octanol–water partition coefficient (Wildman–Crippen LogP) is 2.46. The fourth-order valence-electron chi connectivity index (χ4n) is 1.54. The topological polar surface area (TPSA) is 89.5 Å². The first-order valence-electron chi connectivity index (χ1n) is 5.90. The van der Waals surface area contributed by atoms with Gasteiger partial charge in [-0.05, 0) is 47.5 Å². The van der Waals surface area contributed by atoms with Gasteiger partial charge in [-0.2, -0.15) is 0 Å². The van der Waals surface area contributed by atoms with Crippen LogP contribution in [0.4, 0.5) is 5.69 Å². The summed E-state index contributed by atoms with van der Waals surface area (Å²) in [4.78, 5) is -0.0756. The number of sulfonamides is 1. The Morgan fingerprint density at radius 3 is 2.43 bits per heavy atom. The van der Waals surface area contributed by atoms with Crippen LogP contribution in [0.3, 0.4) is 0 Å². The lowest BCUT2D eigenvalue weighted by atomic mass is 10.2. The maximum atomic E-state index is 11.9. The molecule has 0 unspecified atom stereocenters. The molecule has 0 radical (unpaired) electrons. The van der Waals surface area contributed by atoms with Gasteiger partial charge >= 0.3 is 0 Å². The van der Waals surface area contributed by atoms with E-state index in [-0.39, 0.29) is 27.4 Å². The second-order valence-electron chi connectivity index (χ2n) is 4.15. The molecule has 0 aromatic heterocycles. The summed E-state index contributed by atoms with van der Waals surface area (Å²) < 4.78 is 54.1. The molecule has 21 heavy (non-hydrogen) atoms. The zero-order valence-electron chi connectivity index (χ0n) is 11.4. The van der Waals surface area contributed by atoms with Gasteiger partial charge in [0.15, 0.2) is 0 Å². The first kappa shape index (κ1) is 18.7. The van der Waals surface area contributed by atoms with Crippen LogP contribution >= 0.6 is 26.6 Å². The van der Waals surface area contributed by atoms with Gasteiger partial charge in [-0.15, -0.1) is 0 Å². The third-order valence-electron chi connectivity index (χ3n) is 2.49. The molecule has 0 fully saturated rings. The molecule has 0 amide bonds. The van der Waals surface area contributed by atoms with E-state index in [9.17, 15) is 16.8 Å². The van der Waals surface area contributed by atoms with Crippen molar-refractivity contribution >= 4 is 51.4 Å². The van der Waals surface area contributed by atoms with E-state index in [1.54, 1.807) is 6.92 Å². The summed E-state index contributed by atoms with van der Waals surface area (Å²) in [5.74, 6) is -0.193. The number of benzene rings is 1. The van der Waals surface area contributed by atoms with Crippen molar-refractivity contribution in [1.29, 1.82) is 0 Å². The Morgan fingerprint density at radius 1 is 1.29 bits per heavy atom. The smallest absolute Gasteiger partial charge is 0.261 e. The molecular weight excluding hydrogens is 406 g/mol. The van der Waals surface area contributed by atoms with E-state index in [2.05, 4.69) is 20.7 Å². The van der Waals surface area contributed by atoms with Gasteiger partial charge in [0.1, 0.15) is 0 Å². The highest BCUT2D eigenvalue weighted by Gasteiger charge is 2.18. The maximum absolute atomic E-state index is 11.9. The summed E-state index contributed by atoms with van der Waals surface area (Å²) in [7, 11) is -2.17. The van der Waals surface area contributed by atoms with Gasteiger partial charge in [0.05, 0.1) is 22.9 Å². The highest BCUT2D eigenvalue weighted by atomic mass is 79.9. The van der Waals surface area contributed by atoms with Crippen LogP contribution in [-0.4, -0.2) is 35.8 Å². The number of nitrogens with one attached hydrogen (secondary N) is 1. The first-order chi connectivity index (χ1) is 9.57. The van der Waals surface area contributed by atoms with Crippen LogP contribution in [0.2, 0.25) is 0 Å². The molecule has 1 N–H and O–H groups in total. The minimum absolute atomic E-state index is 0.0756. The van der Waals surface area contributed by atoms with Crippen molar-refractivity contribution in [2.45, 2.75) is 18.7 Å². The Morgan fingerprint density at radius 2 is 1.90 bits per heavy atom. The summed E-state index contributed by atoms with van der Waals surface area (Å²) in [5.41, 5.74) is 0.587. The number of aryl methyl sites for hydroxylation is 1. The van der Waals surface area contributed by atoms with Crippen molar-refractivity contribution in [3.05, 3.63) is 22.2 Å². The molecular formula is C11H15BrClNO5S2. The zero-order valence-corrected chi connectivity index (χ0v) is 15.4. The normalized spacial score (nSPS) is 12.4. The molecule has 1 aromatic rings. The molecule has 0 heterocycles. The molecule has 0 atom stereocenters. The minimum Gasteiger partial charge on any atom is -0.381 e. The summed E-state index contributed by atoms with van der Waals surface area (Å²) in [5, 5.41) is 0. The number of ether oxygens (including phenoxy) is 1. The van der Waals surface area contributed by atoms with Gasteiger partial charge in [0, 0.05) is 21.8 Å². The molecule has 0 aliphatic heterocycles. The first-order valence-corrected chi connectivity index (χ1v) is 10.7. The molecule has 0 saturated carbocycles. The lowest BCUT2D eigenvalue weighted by Gasteiger charge is -2.12. The van der Waals surface area contributed by atoms with Gasteiger partial charge in [0.2, 0.25) is 10.0 Å². The van der Waals surface area contributed by atoms with Crippen molar-refractivity contribution in [2.24, 2.45) is 0 Å². The van der Waals surface area contributed by atoms with Crippen LogP contribution in [0.5, 0.6) is 0 Å². The van der Waals surface area contributed by atoms with Gasteiger partial charge in [-0.1, -0.05) is 0 Å². The Hall–Kier alpha value is -0.350. The van der Waals surface area contributed by atoms with Gasteiger partial charge in [0.25, 0.3) is 9.05 Å². The summed E-state index contributed by atoms with van der Waals surface area (Å²) >= 11 is 3.13. The Bertz CT molecular complexity index is 718. The average Bonchev–Trinajstić information content (AvgIpc) is 2.31. The van der Waals surface area contributed by atoms with Crippen molar-refractivity contribution < 1.29 is 21.6 Å². The third-order valence-corrected chi connectivity index (χ3v) is 5.85. The number of anilines is 1. The van der Waals surface area contributed by atoms with Gasteiger partial charge in [-0.25, -0.2) is 16.8 Å². The monoisotopic (exact) mass is 419 g/mol. The molecule has 120 valence electrons. The standard InChI is InChI=1S/C11H15BrClNO5S2/c1-3-19-4-5-20(15,16)14-10-6-8(2)11(7-9(10)12)21(13,17)18/h6-7,14H,3-5H2,1-2H3. The number of halogens is 2. The number of hydrogen-bond acceptors (Lipinski definition) is 5. The van der Waals surface area contributed by atoms with Crippen LogP contribution in [0.25, 0.3) is 0 Å². The SMILES string of the molecule is CCOCCS(=O)(=O)Nc1cc(C)c(S(=O)(=O)Cl)cc1Br. The zero-order chi connectivity index (χ0) is 16.3. The maximum Gasteiger partial charge on any atom is 0.261 e. The Labute approximate surface area is 137 Å². The molecule has 1 aromatic carbocycles. The largest absolute Gasteiger partial charge is 0.381 e. The highest BCUT2D eigenvalue weighted by Crippen LogP contribution is 2.31. The van der Waals surface area contributed by atoms with E-state index >= 15 is 0 Å². The lowest BCUT2D eigenvalue weighted by molar-refractivity contribution is 0.163. The molecule has 10 heteroatoms. The molecule has 6 nitrogen and oxygen atoms in total. The van der Waals surface area contributed by atoms with Crippen molar-refractivity contribution in [2.75, 3.05) is 23.7 Å². The van der Waals surface area contributed by atoms with E-state index in [0.717, 1.165) is 0 Å². The second-order valence-corrected chi connectivity index (χ2v) is 9.38. The molecule has 0 bridgehead atoms. The van der Waals surface area contributed by atoms with E-state index < -0.39 is 19.1 Å². The van der Waals surface area contributed by atoms with Crippen LogP contribution in [0.15, 0.2) is 21.5 Å². The van der Waals surface area contributed by atoms with E-state index in [1.807, 2.05) is 0 Å². The van der Waals surface area contributed by atoms with Crippen molar-refractivity contribution in [1.82, 2.24) is 0 Å². The van der Waals surface area contributed by atoms with Gasteiger partial charge < -0.3 is 4.74 Å². The fourth-order valence-corrected chi connectivity index (χ4v) is 4.41. The lowest BCUT2D eigenvalue weighted by Crippen LogP contribution is -2.20. The van der Waals surface area contributed by atoms with E-state index in [1.165, 1.54) is 19.1 Å². The van der Waals surface area contributed by atoms with Gasteiger partial charge in [-0.3, -0.25) is 4.72 Å². The quantitative estimate of drug-likeness (QED) is 0.540. The Balaban J connectivity index is 3.03. The molecule has 0 saturated heterocycles. The minimum atomic E-state index is -3.89. The summed E-state index contributed by atoms with van der Waals surface area (Å²) in [6, 6.07) is 2.66. The van der Waals surface area contributed by atoms with Crippen molar-refractivity contribution in [3.63, 3.8) is 0 Å². The summed E-state index contributed by atoms with van der Waals surface area (Å²) in [6.07, 6.45) is 0. The van der Waals surface area contributed by atoms with E-state index in [0.29, 0.717) is 12.2 Å². The second kappa shape index (κ2) is 7.28. The number of rotatable bonds is 7. The third kappa shape index (κ3) is 5.74. The van der Waals surface area contributed by atoms with Crippen LogP contribution in [0, 0.1) is 6.92 Å². The van der Waals surface area contributed by atoms with Crippen LogP contribution in [-0.2, 0) is 23.8 Å². The van der Waals surface area contributed by atoms with E-state index in [4.69, 9.17) is 15.4 Å². The Kier molecular flexibility index (Phi) is 6.48. The average molecular weight is 421 g/mol. The molecule has 0 spiro atoms. The molecule has 0 aliphatic carbocycles.